The van der Waals surface area contributed by atoms with Crippen LogP contribution in [-0.4, -0.2) is 22.8 Å². The number of pyridine rings is 1. The maximum Gasteiger partial charge on any atom is 0.251 e. The Kier molecular flexibility index (Phi) is 4.56. The van der Waals surface area contributed by atoms with Gasteiger partial charge in [0.05, 0.1) is 5.38 Å². The summed E-state index contributed by atoms with van der Waals surface area (Å²) >= 11 is 6.02. The first-order chi connectivity index (χ1) is 7.11. The molecule has 1 aromatic heterocycles. The van der Waals surface area contributed by atoms with E-state index in [9.17, 15) is 4.79 Å². The molecule has 0 fully saturated rings. The fraction of sp³-hybridized carbons (Fsp3) is 0.455. The predicted molar refractivity (Wildman–Crippen MR) is 61.0 cm³/mol. The summed E-state index contributed by atoms with van der Waals surface area (Å²) in [6.45, 7) is 4.53. The average molecular weight is 227 g/mol. The van der Waals surface area contributed by atoms with E-state index in [4.69, 9.17) is 11.6 Å². The van der Waals surface area contributed by atoms with Crippen LogP contribution in [0.1, 0.15) is 24.2 Å². The third-order valence-electron chi connectivity index (χ3n) is 2.12. The van der Waals surface area contributed by atoms with Gasteiger partial charge in [-0.1, -0.05) is 13.8 Å². The zero-order valence-electron chi connectivity index (χ0n) is 8.90. The summed E-state index contributed by atoms with van der Waals surface area (Å²) in [5, 5.41) is 2.75. The van der Waals surface area contributed by atoms with Crippen LogP contribution in [0.3, 0.4) is 0 Å². The minimum absolute atomic E-state index is 0.0317. The normalized spacial score (nSPS) is 12.5. The Bertz CT molecular complexity index is 314. The summed E-state index contributed by atoms with van der Waals surface area (Å²) in [4.78, 5) is 15.4. The summed E-state index contributed by atoms with van der Waals surface area (Å²) in [5.74, 6) is 0.244. The van der Waals surface area contributed by atoms with Gasteiger partial charge in [0, 0.05) is 24.5 Å². The molecule has 0 spiro atoms. The van der Waals surface area contributed by atoms with Gasteiger partial charge in [-0.2, -0.15) is 0 Å². The van der Waals surface area contributed by atoms with E-state index in [1.54, 1.807) is 24.5 Å². The zero-order chi connectivity index (χ0) is 11.3. The highest BCUT2D eigenvalue weighted by molar-refractivity contribution is 6.21. The number of carbonyl (C=O) groups is 1. The van der Waals surface area contributed by atoms with Crippen molar-refractivity contribution in [3.05, 3.63) is 30.1 Å². The number of rotatable bonds is 4. The lowest BCUT2D eigenvalue weighted by molar-refractivity contribution is 0.0952. The molecule has 15 heavy (non-hydrogen) atoms. The highest BCUT2D eigenvalue weighted by Crippen LogP contribution is 2.08. The van der Waals surface area contributed by atoms with Gasteiger partial charge in [-0.05, 0) is 18.1 Å². The smallest absolute Gasteiger partial charge is 0.251 e. The molecule has 1 rings (SSSR count). The summed E-state index contributed by atoms with van der Waals surface area (Å²) in [7, 11) is 0. The number of nitrogens with zero attached hydrogens (tertiary/aromatic N) is 1. The number of halogens is 1. The zero-order valence-corrected chi connectivity index (χ0v) is 9.66. The first kappa shape index (κ1) is 12.0. The molecule has 82 valence electrons. The summed E-state index contributed by atoms with van der Waals surface area (Å²) in [5.41, 5.74) is 0.609. The standard InChI is InChI=1S/C11H15ClN2O/c1-8(2)10(12)7-14-11(15)9-3-5-13-6-4-9/h3-6,8,10H,7H2,1-2H3,(H,14,15). The lowest BCUT2D eigenvalue weighted by Crippen LogP contribution is -2.31. The quantitative estimate of drug-likeness (QED) is 0.799. The molecule has 1 aromatic rings. The van der Waals surface area contributed by atoms with Gasteiger partial charge in [-0.25, -0.2) is 0 Å². The highest BCUT2D eigenvalue weighted by atomic mass is 35.5. The topological polar surface area (TPSA) is 42.0 Å². The number of aromatic nitrogens is 1. The van der Waals surface area contributed by atoms with Crippen LogP contribution in [0.5, 0.6) is 0 Å². The van der Waals surface area contributed by atoms with Crippen molar-refractivity contribution in [2.24, 2.45) is 5.92 Å². The molecule has 0 aliphatic carbocycles. The molecule has 0 aromatic carbocycles. The number of hydrogen-bond donors (Lipinski definition) is 1. The van der Waals surface area contributed by atoms with E-state index in [1.165, 1.54) is 0 Å². The molecule has 1 unspecified atom stereocenters. The highest BCUT2D eigenvalue weighted by Gasteiger charge is 2.11. The molecule has 0 aliphatic heterocycles. The van der Waals surface area contributed by atoms with Gasteiger partial charge in [0.2, 0.25) is 0 Å². The molecular formula is C11H15ClN2O. The van der Waals surface area contributed by atoms with Gasteiger partial charge in [0.15, 0.2) is 0 Å². The summed E-state index contributed by atoms with van der Waals surface area (Å²) in [6.07, 6.45) is 3.19. The van der Waals surface area contributed by atoms with E-state index in [0.29, 0.717) is 18.0 Å². The van der Waals surface area contributed by atoms with Crippen molar-refractivity contribution in [3.63, 3.8) is 0 Å². The second-order valence-electron chi connectivity index (χ2n) is 3.71. The largest absolute Gasteiger partial charge is 0.351 e. The summed E-state index contributed by atoms with van der Waals surface area (Å²) < 4.78 is 0. The molecular weight excluding hydrogens is 212 g/mol. The Morgan fingerprint density at radius 1 is 1.47 bits per heavy atom. The number of nitrogens with one attached hydrogen (secondary N) is 1. The molecule has 1 N–H and O–H groups in total. The van der Waals surface area contributed by atoms with Gasteiger partial charge in [-0.3, -0.25) is 9.78 Å². The van der Waals surface area contributed by atoms with Gasteiger partial charge in [0.25, 0.3) is 5.91 Å². The van der Waals surface area contributed by atoms with Crippen LogP contribution < -0.4 is 5.32 Å². The Labute approximate surface area is 94.9 Å². The monoisotopic (exact) mass is 226 g/mol. The molecule has 1 amide bonds. The van der Waals surface area contributed by atoms with Crippen molar-refractivity contribution < 1.29 is 4.79 Å². The minimum Gasteiger partial charge on any atom is -0.351 e. The fourth-order valence-corrected chi connectivity index (χ4v) is 1.11. The van der Waals surface area contributed by atoms with Crippen LogP contribution in [0, 0.1) is 5.92 Å². The molecule has 0 aliphatic rings. The number of hydrogen-bond acceptors (Lipinski definition) is 2. The van der Waals surface area contributed by atoms with Gasteiger partial charge in [0.1, 0.15) is 0 Å². The van der Waals surface area contributed by atoms with Crippen LogP contribution >= 0.6 is 11.6 Å². The Balaban J connectivity index is 2.44. The predicted octanol–water partition coefficient (Wildman–Crippen LogP) is 2.07. The molecule has 3 nitrogen and oxygen atoms in total. The Morgan fingerprint density at radius 3 is 2.60 bits per heavy atom. The van der Waals surface area contributed by atoms with Crippen LogP contribution in [0.25, 0.3) is 0 Å². The van der Waals surface area contributed by atoms with E-state index in [1.807, 2.05) is 13.8 Å². The molecule has 0 saturated heterocycles. The van der Waals surface area contributed by atoms with Crippen molar-refractivity contribution in [2.75, 3.05) is 6.54 Å². The van der Waals surface area contributed by atoms with Gasteiger partial charge >= 0.3 is 0 Å². The Hall–Kier alpha value is -1.09. The van der Waals surface area contributed by atoms with E-state index < -0.39 is 0 Å². The molecule has 4 heteroatoms. The first-order valence-electron chi connectivity index (χ1n) is 4.93. The van der Waals surface area contributed by atoms with E-state index in [0.717, 1.165) is 0 Å². The first-order valence-corrected chi connectivity index (χ1v) is 5.37. The number of carbonyl (C=O) groups excluding carboxylic acids is 1. The fourth-order valence-electron chi connectivity index (χ4n) is 1.03. The van der Waals surface area contributed by atoms with Crippen molar-refractivity contribution in [1.82, 2.24) is 10.3 Å². The lowest BCUT2D eigenvalue weighted by atomic mass is 10.1. The van der Waals surface area contributed by atoms with Crippen molar-refractivity contribution >= 4 is 17.5 Å². The average Bonchev–Trinajstić information content (AvgIpc) is 2.26. The van der Waals surface area contributed by atoms with E-state index in [2.05, 4.69) is 10.3 Å². The second-order valence-corrected chi connectivity index (χ2v) is 4.27. The maximum absolute atomic E-state index is 11.6. The lowest BCUT2D eigenvalue weighted by Gasteiger charge is -2.13. The maximum atomic E-state index is 11.6. The van der Waals surface area contributed by atoms with E-state index >= 15 is 0 Å². The summed E-state index contributed by atoms with van der Waals surface area (Å²) in [6, 6.07) is 3.35. The van der Waals surface area contributed by atoms with Crippen molar-refractivity contribution in [3.8, 4) is 0 Å². The molecule has 0 bridgehead atoms. The number of alkyl halides is 1. The molecule has 1 atom stereocenters. The van der Waals surface area contributed by atoms with Gasteiger partial charge < -0.3 is 5.32 Å². The molecule has 1 heterocycles. The third-order valence-corrected chi connectivity index (χ3v) is 2.78. The van der Waals surface area contributed by atoms with Crippen LogP contribution in [0.15, 0.2) is 24.5 Å². The third kappa shape index (κ3) is 3.88. The molecule has 0 saturated carbocycles. The number of amides is 1. The molecule has 0 radical (unpaired) electrons. The SMILES string of the molecule is CC(C)C(Cl)CNC(=O)c1ccncc1. The van der Waals surface area contributed by atoms with E-state index in [-0.39, 0.29) is 11.3 Å². The minimum atomic E-state index is -0.108. The van der Waals surface area contributed by atoms with Crippen molar-refractivity contribution in [2.45, 2.75) is 19.2 Å². The van der Waals surface area contributed by atoms with Crippen LogP contribution in [0.2, 0.25) is 0 Å². The van der Waals surface area contributed by atoms with Gasteiger partial charge in [-0.15, -0.1) is 11.6 Å². The van der Waals surface area contributed by atoms with Crippen LogP contribution in [-0.2, 0) is 0 Å². The van der Waals surface area contributed by atoms with Crippen molar-refractivity contribution in [1.29, 1.82) is 0 Å². The Morgan fingerprint density at radius 2 is 2.07 bits per heavy atom. The van der Waals surface area contributed by atoms with Crippen LogP contribution in [0.4, 0.5) is 0 Å². The second kappa shape index (κ2) is 5.71.